The van der Waals surface area contributed by atoms with Gasteiger partial charge in [0.15, 0.2) is 11.5 Å². The van der Waals surface area contributed by atoms with Crippen molar-refractivity contribution in [2.75, 3.05) is 13.7 Å². The van der Waals surface area contributed by atoms with E-state index in [1.807, 2.05) is 12.1 Å². The third kappa shape index (κ3) is 4.31. The molecule has 8 heteroatoms. The maximum atomic E-state index is 11.5. The zero-order valence-electron chi connectivity index (χ0n) is 13.9. The number of nitrogens with zero attached hydrogens (tertiary/aromatic N) is 2. The van der Waals surface area contributed by atoms with Crippen LogP contribution in [0.3, 0.4) is 0 Å². The van der Waals surface area contributed by atoms with Gasteiger partial charge in [-0.25, -0.2) is 9.80 Å². The largest absolute Gasteiger partial charge is 0.493 e. The Morgan fingerprint density at radius 2 is 1.96 bits per heavy atom. The highest BCUT2D eigenvalue weighted by molar-refractivity contribution is 6.30. The molecule has 2 aromatic carbocycles. The van der Waals surface area contributed by atoms with Gasteiger partial charge in [0.25, 0.3) is 0 Å². The van der Waals surface area contributed by atoms with Gasteiger partial charge in [-0.15, -0.1) is 0 Å². The van der Waals surface area contributed by atoms with E-state index in [1.54, 1.807) is 30.3 Å². The number of imide groups is 1. The molecule has 1 fully saturated rings. The van der Waals surface area contributed by atoms with Crippen LogP contribution in [0.25, 0.3) is 0 Å². The highest BCUT2D eigenvalue weighted by Gasteiger charge is 2.25. The second-order valence-corrected chi connectivity index (χ2v) is 5.92. The molecule has 1 saturated heterocycles. The lowest BCUT2D eigenvalue weighted by Crippen LogP contribution is -2.24. The molecule has 0 atom stereocenters. The minimum absolute atomic E-state index is 0.0885. The van der Waals surface area contributed by atoms with Crippen LogP contribution in [0, 0.1) is 0 Å². The van der Waals surface area contributed by atoms with E-state index in [9.17, 15) is 9.59 Å². The summed E-state index contributed by atoms with van der Waals surface area (Å²) in [4.78, 5) is 22.6. The van der Waals surface area contributed by atoms with Gasteiger partial charge >= 0.3 is 6.03 Å². The van der Waals surface area contributed by atoms with Crippen molar-refractivity contribution in [3.63, 3.8) is 0 Å². The molecule has 3 amide bonds. The lowest BCUT2D eigenvalue weighted by molar-refractivity contribution is -0.118. The van der Waals surface area contributed by atoms with Gasteiger partial charge in [0, 0.05) is 5.02 Å². The summed E-state index contributed by atoms with van der Waals surface area (Å²) in [6.45, 7) is 0.284. The van der Waals surface area contributed by atoms with E-state index in [4.69, 9.17) is 21.1 Å². The number of carbonyl (C=O) groups excluding carboxylic acids is 2. The van der Waals surface area contributed by atoms with Crippen LogP contribution >= 0.6 is 11.6 Å². The van der Waals surface area contributed by atoms with Gasteiger partial charge in [0.1, 0.15) is 13.2 Å². The van der Waals surface area contributed by atoms with Gasteiger partial charge in [0.05, 0.1) is 13.3 Å². The summed E-state index contributed by atoms with van der Waals surface area (Å²) in [5, 5.41) is 7.88. The zero-order valence-corrected chi connectivity index (χ0v) is 14.7. The quantitative estimate of drug-likeness (QED) is 0.623. The molecule has 0 aliphatic carbocycles. The number of halogens is 1. The molecule has 0 radical (unpaired) electrons. The molecule has 7 nitrogen and oxygen atoms in total. The predicted molar refractivity (Wildman–Crippen MR) is 96.6 cm³/mol. The van der Waals surface area contributed by atoms with Crippen molar-refractivity contribution in [2.45, 2.75) is 6.61 Å². The van der Waals surface area contributed by atoms with Crippen molar-refractivity contribution in [3.8, 4) is 11.5 Å². The first-order valence-corrected chi connectivity index (χ1v) is 8.13. The molecule has 0 unspecified atom stereocenters. The number of hydrogen-bond donors (Lipinski definition) is 1. The molecule has 1 N–H and O–H groups in total. The van der Waals surface area contributed by atoms with E-state index in [-0.39, 0.29) is 12.5 Å². The summed E-state index contributed by atoms with van der Waals surface area (Å²) in [5.41, 5.74) is 1.68. The fourth-order valence-electron chi connectivity index (χ4n) is 2.29. The summed E-state index contributed by atoms with van der Waals surface area (Å²) < 4.78 is 11.1. The number of hydrazone groups is 1. The first-order valence-electron chi connectivity index (χ1n) is 7.76. The van der Waals surface area contributed by atoms with Gasteiger partial charge in [-0.1, -0.05) is 23.7 Å². The van der Waals surface area contributed by atoms with Crippen LogP contribution in [-0.4, -0.2) is 36.8 Å². The molecule has 1 heterocycles. The number of carbonyl (C=O) groups is 2. The molecule has 1 aliphatic heterocycles. The zero-order chi connectivity index (χ0) is 18.5. The summed E-state index contributed by atoms with van der Waals surface area (Å²) in [7, 11) is 1.54. The van der Waals surface area contributed by atoms with Crippen molar-refractivity contribution in [3.05, 3.63) is 58.6 Å². The van der Waals surface area contributed by atoms with Crippen molar-refractivity contribution in [1.29, 1.82) is 0 Å². The van der Waals surface area contributed by atoms with Crippen molar-refractivity contribution in [2.24, 2.45) is 5.10 Å². The van der Waals surface area contributed by atoms with Gasteiger partial charge in [-0.05, 0) is 41.5 Å². The van der Waals surface area contributed by atoms with Gasteiger partial charge < -0.3 is 9.47 Å². The van der Waals surface area contributed by atoms with Gasteiger partial charge in [0.2, 0.25) is 5.91 Å². The second-order valence-electron chi connectivity index (χ2n) is 5.48. The highest BCUT2D eigenvalue weighted by atomic mass is 35.5. The van der Waals surface area contributed by atoms with Crippen LogP contribution in [0.15, 0.2) is 47.6 Å². The van der Waals surface area contributed by atoms with E-state index in [0.29, 0.717) is 28.7 Å². The van der Waals surface area contributed by atoms with Gasteiger partial charge in [-0.3, -0.25) is 10.1 Å². The minimum Gasteiger partial charge on any atom is -0.493 e. The van der Waals surface area contributed by atoms with E-state index in [2.05, 4.69) is 10.4 Å². The molecule has 0 bridgehead atoms. The molecule has 0 aromatic heterocycles. The Kier molecular flexibility index (Phi) is 5.38. The lowest BCUT2D eigenvalue weighted by atomic mass is 10.2. The topological polar surface area (TPSA) is 80.2 Å². The second kappa shape index (κ2) is 7.88. The Bertz CT molecular complexity index is 852. The first kappa shape index (κ1) is 17.8. The Morgan fingerprint density at radius 1 is 1.19 bits per heavy atom. The van der Waals surface area contributed by atoms with E-state index < -0.39 is 6.03 Å². The number of nitrogens with one attached hydrogen (secondary N) is 1. The van der Waals surface area contributed by atoms with Crippen LogP contribution in [0.5, 0.6) is 11.5 Å². The lowest BCUT2D eigenvalue weighted by Gasteiger charge is -2.11. The average molecular weight is 374 g/mol. The average Bonchev–Trinajstić information content (AvgIpc) is 2.97. The predicted octanol–water partition coefficient (Wildman–Crippen LogP) is 2.81. The Hall–Kier alpha value is -3.06. The molecular weight excluding hydrogens is 358 g/mol. The molecule has 1 aliphatic rings. The number of methoxy groups -OCH3 is 1. The first-order chi connectivity index (χ1) is 12.5. The number of benzene rings is 2. The summed E-state index contributed by atoms with van der Waals surface area (Å²) >= 11 is 5.87. The highest BCUT2D eigenvalue weighted by Crippen LogP contribution is 2.28. The van der Waals surface area contributed by atoms with Crippen molar-refractivity contribution < 1.29 is 19.1 Å². The Labute approximate surface area is 155 Å². The smallest absolute Gasteiger partial charge is 0.344 e. The monoisotopic (exact) mass is 373 g/mol. The van der Waals surface area contributed by atoms with Crippen molar-refractivity contribution in [1.82, 2.24) is 10.3 Å². The summed E-state index contributed by atoms with van der Waals surface area (Å²) in [6, 6.07) is 12.1. The van der Waals surface area contributed by atoms with E-state index in [0.717, 1.165) is 10.6 Å². The molecule has 134 valence electrons. The maximum Gasteiger partial charge on any atom is 0.344 e. The van der Waals surface area contributed by atoms with Crippen LogP contribution in [-0.2, 0) is 11.4 Å². The number of ether oxygens (including phenoxy) is 2. The van der Waals surface area contributed by atoms with E-state index in [1.165, 1.54) is 13.3 Å². The molecule has 2 aromatic rings. The standard InChI is InChI=1S/C18H16ClN3O4/c1-25-16-8-13(9-20-22-10-17(23)21-18(22)24)4-7-15(16)26-11-12-2-5-14(19)6-3-12/h2-9H,10-11H2,1H3,(H,21,23,24)/b20-9-. The third-order valence-corrected chi connectivity index (χ3v) is 3.87. The number of rotatable bonds is 6. The van der Waals surface area contributed by atoms with Crippen LogP contribution in [0.2, 0.25) is 5.02 Å². The molecular formula is C18H16ClN3O4. The molecule has 0 saturated carbocycles. The molecule has 3 rings (SSSR count). The minimum atomic E-state index is -0.541. The van der Waals surface area contributed by atoms with Crippen LogP contribution < -0.4 is 14.8 Å². The fourth-order valence-corrected chi connectivity index (χ4v) is 2.41. The Balaban J connectivity index is 1.68. The third-order valence-electron chi connectivity index (χ3n) is 3.62. The van der Waals surface area contributed by atoms with Crippen LogP contribution in [0.1, 0.15) is 11.1 Å². The number of amides is 3. The number of urea groups is 1. The Morgan fingerprint density at radius 3 is 2.62 bits per heavy atom. The summed E-state index contributed by atoms with van der Waals surface area (Å²) in [5.74, 6) is 0.731. The summed E-state index contributed by atoms with van der Waals surface area (Å²) in [6.07, 6.45) is 1.48. The van der Waals surface area contributed by atoms with E-state index >= 15 is 0 Å². The maximum absolute atomic E-state index is 11.5. The molecule has 0 spiro atoms. The van der Waals surface area contributed by atoms with Gasteiger partial charge in [-0.2, -0.15) is 5.10 Å². The fraction of sp³-hybridized carbons (Fsp3) is 0.167. The normalized spacial score (nSPS) is 14.0. The van der Waals surface area contributed by atoms with Crippen LogP contribution in [0.4, 0.5) is 4.79 Å². The molecule has 26 heavy (non-hydrogen) atoms. The van der Waals surface area contributed by atoms with Crippen molar-refractivity contribution >= 4 is 29.8 Å². The SMILES string of the molecule is COc1cc(/C=N\N2CC(=O)NC2=O)ccc1OCc1ccc(Cl)cc1. The number of hydrogen-bond acceptors (Lipinski definition) is 5.